The first-order valence-corrected chi connectivity index (χ1v) is 10.6. The normalized spacial score (nSPS) is 15.5. The average molecular weight is 388 g/mol. The molecular formula is C20H25N3O3S. The van der Waals surface area contributed by atoms with Gasteiger partial charge in [-0.2, -0.15) is 4.31 Å². The van der Waals surface area contributed by atoms with E-state index in [9.17, 15) is 13.2 Å². The third-order valence-corrected chi connectivity index (χ3v) is 6.78. The topological polar surface area (TPSA) is 79.4 Å². The molecule has 27 heavy (non-hydrogen) atoms. The van der Waals surface area contributed by atoms with Crippen LogP contribution in [0.15, 0.2) is 41.4 Å². The summed E-state index contributed by atoms with van der Waals surface area (Å²) in [6, 6.07) is 8.75. The number of anilines is 1. The number of sulfonamides is 1. The Balaban J connectivity index is 1.76. The highest BCUT2D eigenvalue weighted by atomic mass is 32.2. The predicted octanol–water partition coefficient (Wildman–Crippen LogP) is 3.05. The van der Waals surface area contributed by atoms with Gasteiger partial charge in [-0.05, 0) is 56.0 Å². The highest BCUT2D eigenvalue weighted by Gasteiger charge is 2.27. The van der Waals surface area contributed by atoms with E-state index in [1.807, 2.05) is 19.1 Å². The van der Waals surface area contributed by atoms with Gasteiger partial charge in [-0.25, -0.2) is 8.42 Å². The molecule has 144 valence electrons. The molecule has 0 bridgehead atoms. The molecule has 0 spiro atoms. The van der Waals surface area contributed by atoms with Crippen LogP contribution in [0.2, 0.25) is 0 Å². The molecule has 1 N–H and O–H groups in total. The van der Waals surface area contributed by atoms with E-state index in [4.69, 9.17) is 0 Å². The number of aryl methyl sites for hydroxylation is 2. The molecular weight excluding hydrogens is 362 g/mol. The zero-order chi connectivity index (χ0) is 19.4. The SMILES string of the molecule is Cc1ccc(CC(=O)Nc2ccc(C)c(S(=O)(=O)N3CCCCC3)c2)cn1. The van der Waals surface area contributed by atoms with Crippen LogP contribution in [0.4, 0.5) is 5.69 Å². The van der Waals surface area contributed by atoms with Gasteiger partial charge in [0.1, 0.15) is 0 Å². The molecule has 0 aliphatic carbocycles. The highest BCUT2D eigenvalue weighted by molar-refractivity contribution is 7.89. The molecule has 7 heteroatoms. The van der Waals surface area contributed by atoms with Crippen LogP contribution in [0.3, 0.4) is 0 Å². The summed E-state index contributed by atoms with van der Waals surface area (Å²) in [6.45, 7) is 4.78. The second-order valence-corrected chi connectivity index (χ2v) is 8.88. The van der Waals surface area contributed by atoms with Crippen LogP contribution in [-0.4, -0.2) is 36.7 Å². The molecule has 2 aromatic rings. The molecule has 1 aliphatic heterocycles. The van der Waals surface area contributed by atoms with Gasteiger partial charge in [0.25, 0.3) is 0 Å². The van der Waals surface area contributed by atoms with E-state index in [2.05, 4.69) is 10.3 Å². The number of carbonyl (C=O) groups excluding carboxylic acids is 1. The molecule has 1 aromatic heterocycles. The predicted molar refractivity (Wildman–Crippen MR) is 105 cm³/mol. The van der Waals surface area contributed by atoms with E-state index in [-0.39, 0.29) is 17.2 Å². The lowest BCUT2D eigenvalue weighted by Crippen LogP contribution is -2.36. The number of nitrogens with one attached hydrogen (secondary N) is 1. The molecule has 1 aliphatic rings. The number of pyridine rings is 1. The van der Waals surface area contributed by atoms with E-state index in [1.54, 1.807) is 35.6 Å². The maximum atomic E-state index is 13.0. The Kier molecular flexibility index (Phi) is 5.92. The van der Waals surface area contributed by atoms with Crippen LogP contribution in [0.5, 0.6) is 0 Å². The van der Waals surface area contributed by atoms with Crippen molar-refractivity contribution in [3.63, 3.8) is 0 Å². The molecule has 1 fully saturated rings. The van der Waals surface area contributed by atoms with Crippen LogP contribution in [0, 0.1) is 13.8 Å². The van der Waals surface area contributed by atoms with Gasteiger partial charge in [0.05, 0.1) is 11.3 Å². The summed E-state index contributed by atoms with van der Waals surface area (Å²) in [5, 5.41) is 2.80. The van der Waals surface area contributed by atoms with Crippen molar-refractivity contribution < 1.29 is 13.2 Å². The summed E-state index contributed by atoms with van der Waals surface area (Å²) in [4.78, 5) is 16.8. The molecule has 1 amide bonds. The number of nitrogens with zero attached hydrogens (tertiary/aromatic N) is 2. The summed E-state index contributed by atoms with van der Waals surface area (Å²) in [6.07, 6.45) is 4.71. The number of amides is 1. The van der Waals surface area contributed by atoms with E-state index < -0.39 is 10.0 Å². The maximum absolute atomic E-state index is 13.0. The lowest BCUT2D eigenvalue weighted by Gasteiger charge is -2.26. The summed E-state index contributed by atoms with van der Waals surface area (Å²) < 4.78 is 27.5. The van der Waals surface area contributed by atoms with Gasteiger partial charge in [-0.3, -0.25) is 9.78 Å². The minimum absolute atomic E-state index is 0.190. The Labute approximate surface area is 160 Å². The second-order valence-electron chi connectivity index (χ2n) is 6.98. The van der Waals surface area contributed by atoms with Crippen LogP contribution in [0.25, 0.3) is 0 Å². The maximum Gasteiger partial charge on any atom is 0.243 e. The average Bonchev–Trinajstić information content (AvgIpc) is 2.66. The summed E-state index contributed by atoms with van der Waals surface area (Å²) in [7, 11) is -3.54. The number of benzene rings is 1. The van der Waals surface area contributed by atoms with Gasteiger partial charge in [-0.15, -0.1) is 0 Å². The van der Waals surface area contributed by atoms with Crippen molar-refractivity contribution in [2.24, 2.45) is 0 Å². The number of carbonyl (C=O) groups is 1. The number of rotatable bonds is 5. The smallest absolute Gasteiger partial charge is 0.243 e. The zero-order valence-electron chi connectivity index (χ0n) is 15.7. The minimum Gasteiger partial charge on any atom is -0.326 e. The summed E-state index contributed by atoms with van der Waals surface area (Å²) >= 11 is 0. The van der Waals surface area contributed by atoms with Crippen molar-refractivity contribution in [3.05, 3.63) is 53.3 Å². The Morgan fingerprint density at radius 1 is 1.11 bits per heavy atom. The standard InChI is InChI=1S/C20H25N3O3S/c1-15-6-9-18(22-20(24)12-17-8-7-16(2)21-14-17)13-19(15)27(25,26)23-10-4-3-5-11-23/h6-9,13-14H,3-5,10-12H2,1-2H3,(H,22,24). The zero-order valence-corrected chi connectivity index (χ0v) is 16.6. The summed E-state index contributed by atoms with van der Waals surface area (Å²) in [5.41, 5.74) is 2.87. The van der Waals surface area contributed by atoms with Crippen molar-refractivity contribution >= 4 is 21.6 Å². The van der Waals surface area contributed by atoms with Gasteiger partial charge in [-0.1, -0.05) is 18.6 Å². The van der Waals surface area contributed by atoms with Gasteiger partial charge >= 0.3 is 0 Å². The molecule has 0 saturated carbocycles. The molecule has 0 unspecified atom stereocenters. The molecule has 1 aromatic carbocycles. The number of hydrogen-bond acceptors (Lipinski definition) is 4. The molecule has 0 radical (unpaired) electrons. The third-order valence-electron chi connectivity index (χ3n) is 4.74. The Morgan fingerprint density at radius 2 is 1.85 bits per heavy atom. The van der Waals surface area contributed by atoms with Gasteiger partial charge < -0.3 is 5.32 Å². The summed E-state index contributed by atoms with van der Waals surface area (Å²) in [5.74, 6) is -0.203. The van der Waals surface area contributed by atoms with Crippen molar-refractivity contribution in [2.45, 2.75) is 44.4 Å². The molecule has 1 saturated heterocycles. The fraction of sp³-hybridized carbons (Fsp3) is 0.400. The molecule has 3 rings (SSSR count). The molecule has 2 heterocycles. The number of piperidine rings is 1. The van der Waals surface area contributed by atoms with Crippen molar-refractivity contribution in [1.29, 1.82) is 0 Å². The van der Waals surface area contributed by atoms with Crippen molar-refractivity contribution in [1.82, 2.24) is 9.29 Å². The largest absolute Gasteiger partial charge is 0.326 e. The first kappa shape index (κ1) is 19.5. The van der Waals surface area contributed by atoms with Crippen LogP contribution < -0.4 is 5.32 Å². The van der Waals surface area contributed by atoms with Crippen LogP contribution >= 0.6 is 0 Å². The quantitative estimate of drug-likeness (QED) is 0.855. The van der Waals surface area contributed by atoms with E-state index in [1.165, 1.54) is 0 Å². The number of hydrogen-bond donors (Lipinski definition) is 1. The lowest BCUT2D eigenvalue weighted by molar-refractivity contribution is -0.115. The fourth-order valence-electron chi connectivity index (χ4n) is 3.19. The van der Waals surface area contributed by atoms with E-state index in [0.29, 0.717) is 24.3 Å². The first-order valence-electron chi connectivity index (χ1n) is 9.18. The Bertz CT molecular complexity index is 918. The van der Waals surface area contributed by atoms with Crippen molar-refractivity contribution in [2.75, 3.05) is 18.4 Å². The van der Waals surface area contributed by atoms with E-state index >= 15 is 0 Å². The van der Waals surface area contributed by atoms with E-state index in [0.717, 1.165) is 30.5 Å². The van der Waals surface area contributed by atoms with Gasteiger partial charge in [0, 0.05) is 30.7 Å². The monoisotopic (exact) mass is 387 g/mol. The fourth-order valence-corrected chi connectivity index (χ4v) is 4.96. The number of aromatic nitrogens is 1. The Hall–Kier alpha value is -2.25. The third kappa shape index (κ3) is 4.73. The van der Waals surface area contributed by atoms with Crippen LogP contribution in [-0.2, 0) is 21.2 Å². The lowest BCUT2D eigenvalue weighted by atomic mass is 10.2. The molecule has 6 nitrogen and oxygen atoms in total. The van der Waals surface area contributed by atoms with Gasteiger partial charge in [0.15, 0.2) is 0 Å². The molecule has 0 atom stereocenters. The van der Waals surface area contributed by atoms with Crippen LogP contribution in [0.1, 0.15) is 36.1 Å². The second kappa shape index (κ2) is 8.19. The minimum atomic E-state index is -3.54. The Morgan fingerprint density at radius 3 is 2.52 bits per heavy atom. The van der Waals surface area contributed by atoms with Crippen molar-refractivity contribution in [3.8, 4) is 0 Å². The first-order chi connectivity index (χ1) is 12.9. The van der Waals surface area contributed by atoms with Gasteiger partial charge in [0.2, 0.25) is 15.9 Å². The highest BCUT2D eigenvalue weighted by Crippen LogP contribution is 2.26.